The van der Waals surface area contributed by atoms with Gasteiger partial charge in [0.1, 0.15) is 41.6 Å². The van der Waals surface area contributed by atoms with E-state index in [4.69, 9.17) is 24.0 Å². The van der Waals surface area contributed by atoms with Crippen molar-refractivity contribution in [1.29, 1.82) is 0 Å². The summed E-state index contributed by atoms with van der Waals surface area (Å²) in [4.78, 5) is 80.8. The Balaban J connectivity index is 0.932. The lowest BCUT2D eigenvalue weighted by molar-refractivity contribution is -0.154. The first-order valence-corrected chi connectivity index (χ1v) is 26.9. The van der Waals surface area contributed by atoms with Crippen molar-refractivity contribution in [3.05, 3.63) is 234 Å². The van der Waals surface area contributed by atoms with Crippen LogP contribution in [0.1, 0.15) is 53.5 Å². The molecule has 3 N–H and O–H groups in total. The molecule has 5 heterocycles. The van der Waals surface area contributed by atoms with Crippen LogP contribution in [0.25, 0.3) is 0 Å². The highest BCUT2D eigenvalue weighted by molar-refractivity contribution is 8.02. The number of rotatable bonds is 18. The number of nitrogens with zero attached hydrogens (tertiary/aromatic N) is 5. The number of allylic oxidation sites excluding steroid dienone is 1. The van der Waals surface area contributed by atoms with Crippen LogP contribution in [0.15, 0.2) is 200 Å². The average Bonchev–Trinajstić information content (AvgIpc) is 4.10. The molecule has 0 radical (unpaired) electrons. The first kappa shape index (κ1) is 51.6. The number of benzene rings is 5. The number of β-lactam (4-membered cyclic amide) rings is 1. The number of oxime groups is 1. The van der Waals surface area contributed by atoms with Gasteiger partial charge in [0.05, 0.1) is 13.2 Å². The summed E-state index contributed by atoms with van der Waals surface area (Å²) in [5.41, 5.74) is 2.07. The monoisotopic (exact) mass is 1070 g/mol. The molecule has 5 aromatic carbocycles. The predicted octanol–water partition coefficient (Wildman–Crippen LogP) is 7.59. The number of anilines is 1. The Hall–Kier alpha value is -7.88. The topological polar surface area (TPSA) is 208 Å². The third kappa shape index (κ3) is 10.7. The molecule has 3 atom stereocenters. The second-order valence-electron chi connectivity index (χ2n) is 18.1. The smallest absolute Gasteiger partial charge is 0.356 e. The molecule has 76 heavy (non-hydrogen) atoms. The lowest BCUT2D eigenvalue weighted by Crippen LogP contribution is -2.71. The van der Waals surface area contributed by atoms with Gasteiger partial charge in [0.25, 0.3) is 11.8 Å². The van der Waals surface area contributed by atoms with E-state index in [0.29, 0.717) is 21.8 Å². The molecule has 3 aliphatic rings. The van der Waals surface area contributed by atoms with Gasteiger partial charge in [-0.05, 0) is 58.7 Å². The van der Waals surface area contributed by atoms with Crippen molar-refractivity contribution in [2.24, 2.45) is 5.16 Å². The summed E-state index contributed by atoms with van der Waals surface area (Å²) in [6.45, 7) is 3.71. The van der Waals surface area contributed by atoms with Crippen molar-refractivity contribution in [3.8, 4) is 0 Å². The van der Waals surface area contributed by atoms with Gasteiger partial charge in [0.2, 0.25) is 0 Å². The molecule has 10 rings (SSSR count). The molecule has 2 amide bonds. The van der Waals surface area contributed by atoms with Crippen LogP contribution in [0.4, 0.5) is 5.13 Å². The molecule has 3 unspecified atom stereocenters. The van der Waals surface area contributed by atoms with E-state index in [1.54, 1.807) is 30.7 Å². The average molecular weight is 1080 g/mol. The van der Waals surface area contributed by atoms with E-state index in [2.05, 4.69) is 26.0 Å². The minimum atomic E-state index is -1.09. The summed E-state index contributed by atoms with van der Waals surface area (Å²) >= 11 is 3.63. The first-order chi connectivity index (χ1) is 36.9. The molecular weight excluding hydrogens is 1020 g/mol. The maximum absolute atomic E-state index is 14.8. The third-order valence-electron chi connectivity index (χ3n) is 12.8. The maximum atomic E-state index is 14.8. The van der Waals surface area contributed by atoms with Gasteiger partial charge in [-0.15, -0.1) is 28.2 Å². The summed E-state index contributed by atoms with van der Waals surface area (Å²) in [6.07, 6.45) is 0.265. The van der Waals surface area contributed by atoms with Crippen LogP contribution in [0.2, 0.25) is 0 Å². The zero-order valence-corrected chi connectivity index (χ0v) is 43.7. The third-order valence-corrected chi connectivity index (χ3v) is 15.6. The van der Waals surface area contributed by atoms with E-state index in [0.717, 1.165) is 28.5 Å². The maximum Gasteiger partial charge on any atom is 0.356 e. The minimum Gasteiger partial charge on any atom is -0.448 e. The number of H-pyrrole nitrogens is 1. The number of aromatic nitrogens is 4. The van der Waals surface area contributed by atoms with Gasteiger partial charge in [-0.3, -0.25) is 28.6 Å². The number of amides is 2. The van der Waals surface area contributed by atoms with Crippen LogP contribution >= 0.6 is 34.9 Å². The second kappa shape index (κ2) is 22.5. The van der Waals surface area contributed by atoms with Crippen LogP contribution in [0.5, 0.6) is 0 Å². The van der Waals surface area contributed by atoms with E-state index in [1.807, 2.05) is 152 Å². The molecule has 2 aromatic heterocycles. The van der Waals surface area contributed by atoms with Crippen LogP contribution in [0.3, 0.4) is 0 Å². The molecule has 0 spiro atoms. The quantitative estimate of drug-likeness (QED) is 0.0144. The molecule has 2 saturated heterocycles. The largest absolute Gasteiger partial charge is 0.448 e. The van der Waals surface area contributed by atoms with Crippen LogP contribution in [-0.4, -0.2) is 90.9 Å². The standard InChI is InChI=1S/C56H50N8O9S3/c1-55(2)71-32-41(73-55)31-63-50(68)48(66)60-61-54(63)74-30-29-37-33-75-51-44(49(67)64(51)45(37)52(69)72-46(35-19-9-4-10-20-35)36-21-11-5-12-22-36)58-47(65)43(62-70-3)42-34-76-53(57-42)59-56(38-23-13-6-14-24-38,39-25-15-7-16-26-39)40-27-17-8-18-28-40/h4-30,34,41,44,46,51H,31-33H2,1-3H3,(H,57,59)(H,58,65)(H,60,66). The van der Waals surface area contributed by atoms with Gasteiger partial charge in [-0.2, -0.15) is 0 Å². The van der Waals surface area contributed by atoms with E-state index >= 15 is 0 Å². The van der Waals surface area contributed by atoms with Crippen molar-refractivity contribution in [2.45, 2.75) is 60.5 Å². The number of nitrogens with one attached hydrogen (secondary N) is 3. The van der Waals surface area contributed by atoms with Gasteiger partial charge in [-0.1, -0.05) is 169 Å². The van der Waals surface area contributed by atoms with E-state index in [1.165, 1.54) is 39.7 Å². The second-order valence-corrected chi connectivity index (χ2v) is 20.9. The molecule has 7 aromatic rings. The zero-order chi connectivity index (χ0) is 52.8. The summed E-state index contributed by atoms with van der Waals surface area (Å²) in [6, 6.07) is 47.5. The minimum absolute atomic E-state index is 0.00227. The lowest BCUT2D eigenvalue weighted by atomic mass is 9.77. The van der Waals surface area contributed by atoms with Crippen molar-refractivity contribution in [2.75, 3.05) is 24.8 Å². The Kier molecular flexibility index (Phi) is 15.3. The summed E-state index contributed by atoms with van der Waals surface area (Å²) < 4.78 is 19.2. The number of thiazole rings is 1. The molecular formula is C56H50N8O9S3. The number of fused-ring (bicyclic) bond motifs is 1. The number of thioether (sulfide) groups is 2. The number of carbonyl (C=O) groups is 3. The fourth-order valence-electron chi connectivity index (χ4n) is 9.29. The summed E-state index contributed by atoms with van der Waals surface area (Å²) in [7, 11) is 1.32. The van der Waals surface area contributed by atoms with Gasteiger partial charge < -0.3 is 29.7 Å². The van der Waals surface area contributed by atoms with Gasteiger partial charge in [0, 0.05) is 11.1 Å². The highest BCUT2D eigenvalue weighted by Crippen LogP contribution is 2.44. The Bertz CT molecular complexity index is 3310. The molecule has 3 aliphatic heterocycles. The molecule has 0 bridgehead atoms. The van der Waals surface area contributed by atoms with Crippen molar-refractivity contribution in [1.82, 2.24) is 30.0 Å². The molecule has 2 fully saturated rings. The fourth-order valence-corrected chi connectivity index (χ4v) is 12.1. The van der Waals surface area contributed by atoms with Gasteiger partial charge in [-0.25, -0.2) is 14.9 Å². The molecule has 17 nitrogen and oxygen atoms in total. The van der Waals surface area contributed by atoms with Crippen LogP contribution in [-0.2, 0) is 45.5 Å². The van der Waals surface area contributed by atoms with E-state index in [-0.39, 0.29) is 41.2 Å². The molecule has 0 saturated carbocycles. The normalized spacial score (nSPS) is 18.3. The molecule has 20 heteroatoms. The van der Waals surface area contributed by atoms with Crippen molar-refractivity contribution in [3.63, 3.8) is 0 Å². The lowest BCUT2D eigenvalue weighted by Gasteiger charge is -2.49. The fraction of sp³-hybridized carbons (Fsp3) is 0.214. The van der Waals surface area contributed by atoms with Gasteiger partial charge in [0.15, 0.2) is 27.9 Å². The number of hydrogen-bond acceptors (Lipinski definition) is 16. The Morgan fingerprint density at radius 1 is 0.882 bits per heavy atom. The predicted molar refractivity (Wildman–Crippen MR) is 290 cm³/mol. The van der Waals surface area contributed by atoms with Gasteiger partial charge >= 0.3 is 17.1 Å². The van der Waals surface area contributed by atoms with Crippen LogP contribution in [0, 0.1) is 0 Å². The number of aromatic amines is 1. The Labute approximate surface area is 449 Å². The van der Waals surface area contributed by atoms with E-state index in [9.17, 15) is 24.0 Å². The summed E-state index contributed by atoms with van der Waals surface area (Å²) in [5.74, 6) is -2.75. The first-order valence-electron chi connectivity index (χ1n) is 24.1. The van der Waals surface area contributed by atoms with E-state index < -0.39 is 63.9 Å². The Morgan fingerprint density at radius 2 is 1.46 bits per heavy atom. The van der Waals surface area contributed by atoms with Crippen molar-refractivity contribution >= 4 is 63.5 Å². The number of carbonyl (C=O) groups excluding carboxylic acids is 3. The summed E-state index contributed by atoms with van der Waals surface area (Å²) in [5, 5.41) is 20.3. The number of ether oxygens (including phenoxy) is 3. The molecule has 386 valence electrons. The highest BCUT2D eigenvalue weighted by atomic mass is 32.2. The zero-order valence-electron chi connectivity index (χ0n) is 41.2. The SMILES string of the molecule is CON=C(C(=O)NC1C(=O)N2C(C(=O)OC(c3ccccc3)c3ccccc3)=C(C=CSc3n[nH]c(=O)c(=O)n3CC3COC(C)(C)O3)CSC12)c1csc(NC(c2ccccc2)(c2ccccc2)c2ccccc2)n1. The van der Waals surface area contributed by atoms with Crippen molar-refractivity contribution < 1.29 is 33.4 Å². The number of esters is 1. The van der Waals surface area contributed by atoms with Crippen LogP contribution < -0.4 is 21.8 Å². The number of hydrogen-bond donors (Lipinski definition) is 3. The molecule has 0 aliphatic carbocycles. The highest BCUT2D eigenvalue weighted by Gasteiger charge is 2.55. The Morgan fingerprint density at radius 3 is 2.01 bits per heavy atom.